The van der Waals surface area contributed by atoms with Crippen LogP contribution in [-0.2, 0) is 5.54 Å². The fraction of sp³-hybridized carbons (Fsp3) is 0.355. The lowest BCUT2D eigenvalue weighted by Crippen LogP contribution is -2.56. The standard InChI is InChI=1S/C31H34ClN5O/c1-22-12-14-31(15-13-22,36-18-16-35(17-19-36)25-7-3-2-4-8-25)23-6-5-9-26(20-23)37-28-11-10-24(32)21-27(28)29(34-37)30(33)38/h2-11,20-22H,12-19H2,1H3,(H2,33,38). The van der Waals surface area contributed by atoms with E-state index in [9.17, 15) is 4.79 Å². The normalized spacial score (nSPS) is 22.6. The summed E-state index contributed by atoms with van der Waals surface area (Å²) < 4.78 is 1.84. The molecule has 1 saturated carbocycles. The molecule has 4 aromatic rings. The molecule has 2 aliphatic rings. The number of hydrogen-bond acceptors (Lipinski definition) is 4. The first-order chi connectivity index (χ1) is 18.4. The number of nitrogens with zero attached hydrogens (tertiary/aromatic N) is 4. The molecular formula is C31H34ClN5O. The molecule has 2 heterocycles. The predicted octanol–water partition coefficient (Wildman–Crippen LogP) is 6.01. The van der Waals surface area contributed by atoms with Crippen LogP contribution in [0.4, 0.5) is 5.69 Å². The quantitative estimate of drug-likeness (QED) is 0.345. The van der Waals surface area contributed by atoms with Crippen LogP contribution in [0.5, 0.6) is 0 Å². The average Bonchev–Trinajstić information content (AvgIpc) is 3.33. The zero-order valence-corrected chi connectivity index (χ0v) is 22.6. The second kappa shape index (κ2) is 10.1. The Bertz CT molecular complexity index is 1450. The van der Waals surface area contributed by atoms with E-state index in [1.807, 2.05) is 16.8 Å². The van der Waals surface area contributed by atoms with Crippen LogP contribution in [0.15, 0.2) is 72.8 Å². The molecule has 1 saturated heterocycles. The van der Waals surface area contributed by atoms with E-state index in [0.29, 0.717) is 10.4 Å². The highest BCUT2D eigenvalue weighted by atomic mass is 35.5. The number of benzene rings is 3. The molecule has 0 atom stereocenters. The van der Waals surface area contributed by atoms with E-state index in [-0.39, 0.29) is 11.2 Å². The molecule has 2 fully saturated rings. The number of rotatable bonds is 5. The summed E-state index contributed by atoms with van der Waals surface area (Å²) in [5.41, 5.74) is 10.3. The van der Waals surface area contributed by atoms with E-state index in [1.165, 1.54) is 24.1 Å². The van der Waals surface area contributed by atoms with Crippen molar-refractivity contribution in [2.75, 3.05) is 31.1 Å². The monoisotopic (exact) mass is 527 g/mol. The van der Waals surface area contributed by atoms with Crippen molar-refractivity contribution in [3.8, 4) is 5.69 Å². The zero-order chi connectivity index (χ0) is 26.3. The minimum Gasteiger partial charge on any atom is -0.369 e. The Morgan fingerprint density at radius 1 is 0.921 bits per heavy atom. The molecule has 0 spiro atoms. The molecular weight excluding hydrogens is 494 g/mol. The number of carbonyl (C=O) groups excluding carboxylic acids is 1. The van der Waals surface area contributed by atoms with Gasteiger partial charge in [-0.2, -0.15) is 5.10 Å². The van der Waals surface area contributed by atoms with Crippen molar-refractivity contribution < 1.29 is 4.79 Å². The minimum absolute atomic E-state index is 0.00984. The minimum atomic E-state index is -0.554. The Balaban J connectivity index is 1.37. The van der Waals surface area contributed by atoms with Crippen molar-refractivity contribution >= 4 is 34.1 Å². The molecule has 3 aromatic carbocycles. The van der Waals surface area contributed by atoms with Crippen molar-refractivity contribution in [2.24, 2.45) is 11.7 Å². The largest absolute Gasteiger partial charge is 0.369 e. The SMILES string of the molecule is CC1CCC(c2cccc(-n3nc(C(N)=O)c4cc(Cl)ccc43)c2)(N2CCN(c3ccccc3)CC2)CC1. The van der Waals surface area contributed by atoms with Gasteiger partial charge in [0.25, 0.3) is 5.91 Å². The molecule has 6 rings (SSSR count). The number of anilines is 1. The van der Waals surface area contributed by atoms with Crippen molar-refractivity contribution in [1.82, 2.24) is 14.7 Å². The fourth-order valence-corrected chi connectivity index (χ4v) is 6.63. The number of piperazine rings is 1. The van der Waals surface area contributed by atoms with Crippen LogP contribution in [0.3, 0.4) is 0 Å². The van der Waals surface area contributed by atoms with Crippen LogP contribution in [0.2, 0.25) is 5.02 Å². The Kier molecular flexibility index (Phi) is 6.62. The summed E-state index contributed by atoms with van der Waals surface area (Å²) in [4.78, 5) is 17.4. The van der Waals surface area contributed by atoms with Crippen molar-refractivity contribution in [3.05, 3.63) is 89.1 Å². The smallest absolute Gasteiger partial charge is 0.269 e. The summed E-state index contributed by atoms with van der Waals surface area (Å²) in [6.45, 7) is 6.48. The summed E-state index contributed by atoms with van der Waals surface area (Å²) in [6, 6.07) is 25.0. The highest BCUT2D eigenvalue weighted by Crippen LogP contribution is 2.45. The summed E-state index contributed by atoms with van der Waals surface area (Å²) >= 11 is 6.24. The van der Waals surface area contributed by atoms with Gasteiger partial charge >= 0.3 is 0 Å². The van der Waals surface area contributed by atoms with E-state index in [1.54, 1.807) is 6.07 Å². The van der Waals surface area contributed by atoms with Gasteiger partial charge in [0.2, 0.25) is 0 Å². The van der Waals surface area contributed by atoms with E-state index in [2.05, 4.69) is 76.4 Å². The van der Waals surface area contributed by atoms with Crippen LogP contribution < -0.4 is 10.6 Å². The third-order valence-electron chi connectivity index (χ3n) is 8.61. The molecule has 1 aliphatic heterocycles. The van der Waals surface area contributed by atoms with Crippen LogP contribution in [-0.4, -0.2) is 46.8 Å². The molecule has 196 valence electrons. The number of aromatic nitrogens is 2. The van der Waals surface area contributed by atoms with Crippen LogP contribution in [0, 0.1) is 5.92 Å². The van der Waals surface area contributed by atoms with Gasteiger partial charge in [-0.15, -0.1) is 0 Å². The molecule has 0 bridgehead atoms. The number of nitrogens with two attached hydrogens (primary N) is 1. The van der Waals surface area contributed by atoms with Crippen molar-refractivity contribution in [1.29, 1.82) is 0 Å². The van der Waals surface area contributed by atoms with Gasteiger partial charge in [-0.25, -0.2) is 4.68 Å². The Morgan fingerprint density at radius 2 is 1.63 bits per heavy atom. The first kappa shape index (κ1) is 25.0. The first-order valence-corrected chi connectivity index (χ1v) is 14.0. The molecule has 6 nitrogen and oxygen atoms in total. The second-order valence-corrected chi connectivity index (χ2v) is 11.3. The number of hydrogen-bond donors (Lipinski definition) is 1. The lowest BCUT2D eigenvalue weighted by atomic mass is 9.71. The van der Waals surface area contributed by atoms with Crippen molar-refractivity contribution in [2.45, 2.75) is 38.1 Å². The van der Waals surface area contributed by atoms with E-state index in [0.717, 1.165) is 56.1 Å². The van der Waals surface area contributed by atoms with Gasteiger partial charge in [0.05, 0.1) is 11.2 Å². The van der Waals surface area contributed by atoms with Crippen LogP contribution in [0.25, 0.3) is 16.6 Å². The number of amides is 1. The van der Waals surface area contributed by atoms with E-state index in [4.69, 9.17) is 17.3 Å². The summed E-state index contributed by atoms with van der Waals surface area (Å²) in [6.07, 6.45) is 4.73. The lowest BCUT2D eigenvalue weighted by molar-refractivity contribution is 0.0299. The van der Waals surface area contributed by atoms with E-state index < -0.39 is 5.91 Å². The fourth-order valence-electron chi connectivity index (χ4n) is 6.45. The van der Waals surface area contributed by atoms with Gasteiger partial charge in [-0.1, -0.05) is 48.9 Å². The Hall–Kier alpha value is -3.35. The number of carbonyl (C=O) groups is 1. The maximum Gasteiger partial charge on any atom is 0.269 e. The third kappa shape index (κ3) is 4.46. The summed E-state index contributed by atoms with van der Waals surface area (Å²) in [5, 5.41) is 5.87. The Morgan fingerprint density at radius 3 is 2.34 bits per heavy atom. The Labute approximate surface area is 229 Å². The van der Waals surface area contributed by atoms with Crippen LogP contribution in [0.1, 0.15) is 48.7 Å². The second-order valence-electron chi connectivity index (χ2n) is 10.9. The number of primary amides is 1. The first-order valence-electron chi connectivity index (χ1n) is 13.6. The van der Waals surface area contributed by atoms with Gasteiger partial charge in [0.15, 0.2) is 5.69 Å². The topological polar surface area (TPSA) is 67.4 Å². The van der Waals surface area contributed by atoms with Gasteiger partial charge in [-0.3, -0.25) is 9.69 Å². The molecule has 7 heteroatoms. The maximum atomic E-state index is 12.2. The van der Waals surface area contributed by atoms with Crippen molar-refractivity contribution in [3.63, 3.8) is 0 Å². The van der Waals surface area contributed by atoms with Crippen LogP contribution >= 0.6 is 11.6 Å². The molecule has 1 aromatic heterocycles. The third-order valence-corrected chi connectivity index (χ3v) is 8.85. The predicted molar refractivity (Wildman–Crippen MR) is 154 cm³/mol. The van der Waals surface area contributed by atoms with E-state index >= 15 is 0 Å². The maximum absolute atomic E-state index is 12.2. The average molecular weight is 528 g/mol. The van der Waals surface area contributed by atoms with Gasteiger partial charge in [0, 0.05) is 47.8 Å². The van der Waals surface area contributed by atoms with Gasteiger partial charge in [0.1, 0.15) is 0 Å². The number of para-hydroxylation sites is 1. The summed E-state index contributed by atoms with van der Waals surface area (Å²) in [5.74, 6) is 0.191. The molecule has 0 radical (unpaired) electrons. The molecule has 0 unspecified atom stereocenters. The highest BCUT2D eigenvalue weighted by molar-refractivity contribution is 6.31. The lowest BCUT2D eigenvalue weighted by Gasteiger charge is -2.51. The molecule has 1 aliphatic carbocycles. The molecule has 38 heavy (non-hydrogen) atoms. The van der Waals surface area contributed by atoms with Gasteiger partial charge < -0.3 is 10.6 Å². The summed E-state index contributed by atoms with van der Waals surface area (Å²) in [7, 11) is 0. The molecule has 1 amide bonds. The zero-order valence-electron chi connectivity index (χ0n) is 21.8. The number of halogens is 1. The number of fused-ring (bicyclic) bond motifs is 1. The van der Waals surface area contributed by atoms with Gasteiger partial charge in [-0.05, 0) is 79.6 Å². The molecule has 2 N–H and O–H groups in total. The highest BCUT2D eigenvalue weighted by Gasteiger charge is 2.42.